The molecule has 0 aliphatic rings. The zero-order valence-corrected chi connectivity index (χ0v) is 18.8. The molecule has 0 heterocycles. The molecule has 0 aromatic heterocycles. The van der Waals surface area contributed by atoms with E-state index >= 15 is 0 Å². The van der Waals surface area contributed by atoms with Gasteiger partial charge in [-0.15, -0.1) is 0 Å². The highest BCUT2D eigenvalue weighted by atomic mass is 14.8. The lowest BCUT2D eigenvalue weighted by Gasteiger charge is -1.95. The third-order valence-electron chi connectivity index (χ3n) is 2.78. The van der Waals surface area contributed by atoms with Crippen LogP contribution in [0.1, 0.15) is 68.7 Å². The van der Waals surface area contributed by atoms with Gasteiger partial charge in [-0.25, -0.2) is 0 Å². The summed E-state index contributed by atoms with van der Waals surface area (Å²) < 4.78 is 0. The molecular weight excluding hydrogens is 302 g/mol. The largest absolute Gasteiger partial charge is 0.316 e. The van der Waals surface area contributed by atoms with E-state index in [1.54, 1.807) is 6.08 Å². The molecule has 0 saturated heterocycles. The molecule has 0 aromatic rings. The Morgan fingerprint density at radius 2 is 1.32 bits per heavy atom. The van der Waals surface area contributed by atoms with Gasteiger partial charge in [0.05, 0.1) is 0 Å². The van der Waals surface area contributed by atoms with Gasteiger partial charge in [0.15, 0.2) is 0 Å². The van der Waals surface area contributed by atoms with Crippen molar-refractivity contribution >= 4 is 0 Å². The number of allylic oxidation sites excluding steroid dienone is 9. The molecule has 0 saturated carbocycles. The van der Waals surface area contributed by atoms with Crippen molar-refractivity contribution in [3.8, 4) is 0 Å². The molecule has 1 N–H and O–H groups in total. The molecule has 0 aliphatic heterocycles. The first-order chi connectivity index (χ1) is 11.7. The summed E-state index contributed by atoms with van der Waals surface area (Å²) in [5, 5.41) is 2.97. The second-order valence-corrected chi connectivity index (χ2v) is 5.78. The second kappa shape index (κ2) is 27.3. The number of rotatable bonds is 5. The first-order valence-corrected chi connectivity index (χ1v) is 9.19. The zero-order chi connectivity index (χ0) is 20.7. The van der Waals surface area contributed by atoms with E-state index in [2.05, 4.69) is 72.2 Å². The number of likely N-dealkylation sites (N-methyl/N-ethyl adjacent to an activating group) is 1. The van der Waals surface area contributed by atoms with Crippen molar-refractivity contribution in [2.24, 2.45) is 0 Å². The standard InChI is InChI=1S/C8H14.C8H12.C5H11N.C3H8/c1-5-7(3)8(4)6-2;1-4-6-8(3)7-5-2;1-5(2)4-6-3;1-3-2/h5-6H,1-4H3;4-7H,1H2,2-3H3;6H,1,4H2,2-3H3;3H2,1-2H3/b2*7-5-,8-6-;;. The Labute approximate surface area is 160 Å². The SMILES string of the molecule is C/C=C(C)\C(C)=C/C.C=C(C)CNC.C=C/C=C(C)\C=C/C.CCC. The fraction of sp³-hybridized carbons (Fsp3) is 0.500. The van der Waals surface area contributed by atoms with Crippen LogP contribution >= 0.6 is 0 Å². The number of hydrogen-bond acceptors (Lipinski definition) is 1. The maximum Gasteiger partial charge on any atom is 0.0156 e. The third kappa shape index (κ3) is 39.3. The van der Waals surface area contributed by atoms with Crippen molar-refractivity contribution in [3.05, 3.63) is 71.9 Å². The van der Waals surface area contributed by atoms with Gasteiger partial charge in [-0.3, -0.25) is 0 Å². The van der Waals surface area contributed by atoms with Gasteiger partial charge in [0, 0.05) is 6.54 Å². The topological polar surface area (TPSA) is 12.0 Å². The molecule has 0 amide bonds. The predicted molar refractivity (Wildman–Crippen MR) is 122 cm³/mol. The molecule has 1 heteroatoms. The minimum absolute atomic E-state index is 0.931. The van der Waals surface area contributed by atoms with Crippen molar-refractivity contribution < 1.29 is 0 Å². The van der Waals surface area contributed by atoms with Gasteiger partial charge in [-0.05, 0) is 55.5 Å². The van der Waals surface area contributed by atoms with Gasteiger partial charge in [-0.1, -0.05) is 92.2 Å². The van der Waals surface area contributed by atoms with Gasteiger partial charge in [0.2, 0.25) is 0 Å². The molecule has 0 unspecified atom stereocenters. The molecule has 1 nitrogen and oxygen atoms in total. The van der Waals surface area contributed by atoms with Crippen LogP contribution in [0.4, 0.5) is 0 Å². The van der Waals surface area contributed by atoms with Gasteiger partial charge < -0.3 is 5.32 Å². The van der Waals surface area contributed by atoms with Crippen LogP contribution in [0.25, 0.3) is 0 Å². The van der Waals surface area contributed by atoms with Gasteiger partial charge >= 0.3 is 0 Å². The molecule has 0 bridgehead atoms. The van der Waals surface area contributed by atoms with Crippen molar-refractivity contribution in [2.45, 2.75) is 68.7 Å². The Morgan fingerprint density at radius 3 is 1.48 bits per heavy atom. The van der Waals surface area contributed by atoms with E-state index < -0.39 is 0 Å². The van der Waals surface area contributed by atoms with Crippen LogP contribution in [0.15, 0.2) is 71.9 Å². The second-order valence-electron chi connectivity index (χ2n) is 5.78. The molecule has 146 valence electrons. The molecule has 0 radical (unpaired) electrons. The van der Waals surface area contributed by atoms with Gasteiger partial charge in [-0.2, -0.15) is 0 Å². The van der Waals surface area contributed by atoms with E-state index in [1.807, 2.05) is 46.0 Å². The van der Waals surface area contributed by atoms with Crippen LogP contribution in [-0.4, -0.2) is 13.6 Å². The highest BCUT2D eigenvalue weighted by Crippen LogP contribution is 2.05. The molecule has 0 fully saturated rings. The molecule has 0 spiro atoms. The Kier molecular flexibility index (Phi) is 34.0. The van der Waals surface area contributed by atoms with E-state index in [4.69, 9.17) is 0 Å². The van der Waals surface area contributed by atoms with E-state index in [-0.39, 0.29) is 0 Å². The van der Waals surface area contributed by atoms with Crippen LogP contribution < -0.4 is 5.32 Å². The van der Waals surface area contributed by atoms with Crippen LogP contribution in [0.3, 0.4) is 0 Å². The maximum absolute atomic E-state index is 3.68. The highest BCUT2D eigenvalue weighted by molar-refractivity contribution is 5.25. The van der Waals surface area contributed by atoms with Crippen LogP contribution in [-0.2, 0) is 0 Å². The van der Waals surface area contributed by atoms with Crippen molar-refractivity contribution in [1.29, 1.82) is 0 Å². The van der Waals surface area contributed by atoms with Gasteiger partial charge in [0.1, 0.15) is 0 Å². The number of nitrogens with one attached hydrogen (secondary N) is 1. The fourth-order valence-electron chi connectivity index (χ4n) is 1.26. The smallest absolute Gasteiger partial charge is 0.0156 e. The lowest BCUT2D eigenvalue weighted by Crippen LogP contribution is -2.07. The summed E-state index contributed by atoms with van der Waals surface area (Å²) in [4.78, 5) is 0. The maximum atomic E-state index is 3.68. The minimum Gasteiger partial charge on any atom is -0.316 e. The van der Waals surface area contributed by atoms with E-state index in [0.29, 0.717) is 0 Å². The normalized spacial score (nSPS) is 11.4. The van der Waals surface area contributed by atoms with Crippen molar-refractivity contribution in [1.82, 2.24) is 5.32 Å². The summed E-state index contributed by atoms with van der Waals surface area (Å²) in [6.45, 7) is 26.8. The summed E-state index contributed by atoms with van der Waals surface area (Å²) in [5.41, 5.74) is 5.15. The lowest BCUT2D eigenvalue weighted by molar-refractivity contribution is 0.883. The monoisotopic (exact) mass is 347 g/mol. The fourth-order valence-corrected chi connectivity index (χ4v) is 1.26. The molecular formula is C24H45N. The first-order valence-electron chi connectivity index (χ1n) is 9.19. The lowest BCUT2D eigenvalue weighted by atomic mass is 10.1. The number of hydrogen-bond donors (Lipinski definition) is 1. The first kappa shape index (κ1) is 31.2. The van der Waals surface area contributed by atoms with Gasteiger partial charge in [0.25, 0.3) is 0 Å². The highest BCUT2D eigenvalue weighted by Gasteiger charge is 1.84. The summed E-state index contributed by atoms with van der Waals surface area (Å²) in [6, 6.07) is 0. The minimum atomic E-state index is 0.931. The Hall–Kier alpha value is -1.60. The van der Waals surface area contributed by atoms with E-state index in [1.165, 1.54) is 28.7 Å². The van der Waals surface area contributed by atoms with E-state index in [0.717, 1.165) is 6.54 Å². The Morgan fingerprint density at radius 1 is 0.920 bits per heavy atom. The molecule has 0 rings (SSSR count). The molecule has 0 aromatic carbocycles. The summed E-state index contributed by atoms with van der Waals surface area (Å²) in [7, 11) is 1.91. The van der Waals surface area contributed by atoms with Crippen molar-refractivity contribution in [2.75, 3.05) is 13.6 Å². The quantitative estimate of drug-likeness (QED) is 0.395. The summed E-state index contributed by atoms with van der Waals surface area (Å²) in [6.07, 6.45) is 13.3. The Bertz CT molecular complexity index is 398. The summed E-state index contributed by atoms with van der Waals surface area (Å²) >= 11 is 0. The molecule has 25 heavy (non-hydrogen) atoms. The third-order valence-corrected chi connectivity index (χ3v) is 2.78. The average Bonchev–Trinajstić information content (AvgIpc) is 2.55. The average molecular weight is 348 g/mol. The van der Waals surface area contributed by atoms with E-state index in [9.17, 15) is 0 Å². The van der Waals surface area contributed by atoms with Crippen LogP contribution in [0.5, 0.6) is 0 Å². The zero-order valence-electron chi connectivity index (χ0n) is 18.8. The summed E-state index contributed by atoms with van der Waals surface area (Å²) in [5.74, 6) is 0. The Balaban J connectivity index is -0.000000124. The molecule has 0 atom stereocenters. The van der Waals surface area contributed by atoms with Crippen LogP contribution in [0, 0.1) is 0 Å². The molecule has 0 aliphatic carbocycles. The van der Waals surface area contributed by atoms with Crippen LogP contribution in [0.2, 0.25) is 0 Å². The van der Waals surface area contributed by atoms with Crippen molar-refractivity contribution in [3.63, 3.8) is 0 Å². The predicted octanol–water partition coefficient (Wildman–Crippen LogP) is 7.81.